The van der Waals surface area contributed by atoms with Crippen LogP contribution in [-0.4, -0.2) is 28.0 Å². The van der Waals surface area contributed by atoms with Crippen molar-refractivity contribution in [1.82, 2.24) is 14.9 Å². The topological polar surface area (TPSA) is 29.0 Å². The van der Waals surface area contributed by atoms with E-state index in [-0.39, 0.29) is 5.83 Å². The quantitative estimate of drug-likeness (QED) is 0.828. The van der Waals surface area contributed by atoms with Gasteiger partial charge >= 0.3 is 0 Å². The Morgan fingerprint density at radius 1 is 1.21 bits per heavy atom. The molecule has 3 rings (SSSR count). The van der Waals surface area contributed by atoms with Crippen molar-refractivity contribution in [3.8, 4) is 0 Å². The fourth-order valence-corrected chi connectivity index (χ4v) is 2.38. The minimum absolute atomic E-state index is 0.0438. The summed E-state index contributed by atoms with van der Waals surface area (Å²) in [5, 5.41) is 0. The zero-order valence-electron chi connectivity index (χ0n) is 10.9. The third-order valence-corrected chi connectivity index (χ3v) is 3.40. The number of hydrogen-bond donors (Lipinski definition) is 0. The Kier molecular flexibility index (Phi) is 3.25. The standard InChI is InChI=1S/C15H16FN3/c1-11-15(10-19-8-4-5-12(16)9-19)18-14-7-3-2-6-13(14)17-11/h2-3,5-7H,4,8-10H2,1H3. The number of fused-ring (bicyclic) bond motifs is 1. The van der Waals surface area contributed by atoms with E-state index in [0.29, 0.717) is 13.1 Å². The van der Waals surface area contributed by atoms with Crippen LogP contribution in [0.2, 0.25) is 0 Å². The van der Waals surface area contributed by atoms with Gasteiger partial charge in [-0.25, -0.2) is 14.4 Å². The molecule has 0 spiro atoms. The van der Waals surface area contributed by atoms with Crippen LogP contribution in [-0.2, 0) is 6.54 Å². The predicted molar refractivity (Wildman–Crippen MR) is 73.4 cm³/mol. The van der Waals surface area contributed by atoms with Gasteiger partial charge in [0, 0.05) is 13.1 Å². The van der Waals surface area contributed by atoms with E-state index in [4.69, 9.17) is 0 Å². The SMILES string of the molecule is Cc1nc2ccccc2nc1CN1CCC=C(F)C1. The van der Waals surface area contributed by atoms with Gasteiger partial charge in [-0.3, -0.25) is 4.90 Å². The summed E-state index contributed by atoms with van der Waals surface area (Å²) in [6.07, 6.45) is 2.43. The highest BCUT2D eigenvalue weighted by atomic mass is 19.1. The highest BCUT2D eigenvalue weighted by molar-refractivity contribution is 5.74. The Labute approximate surface area is 111 Å². The third-order valence-electron chi connectivity index (χ3n) is 3.40. The van der Waals surface area contributed by atoms with Crippen LogP contribution < -0.4 is 0 Å². The first-order valence-corrected chi connectivity index (χ1v) is 6.51. The largest absolute Gasteiger partial charge is 0.291 e. The summed E-state index contributed by atoms with van der Waals surface area (Å²) in [7, 11) is 0. The second-order valence-corrected chi connectivity index (χ2v) is 4.89. The van der Waals surface area contributed by atoms with Crippen LogP contribution in [0.1, 0.15) is 17.8 Å². The number of aryl methyl sites for hydroxylation is 1. The van der Waals surface area contributed by atoms with Crippen molar-refractivity contribution in [2.75, 3.05) is 13.1 Å². The van der Waals surface area contributed by atoms with Crippen LogP contribution in [0.15, 0.2) is 36.2 Å². The summed E-state index contributed by atoms with van der Waals surface area (Å²) in [6.45, 7) is 3.88. The fourth-order valence-electron chi connectivity index (χ4n) is 2.38. The number of hydrogen-bond acceptors (Lipinski definition) is 3. The molecule has 19 heavy (non-hydrogen) atoms. The first-order valence-electron chi connectivity index (χ1n) is 6.51. The first-order chi connectivity index (χ1) is 9.22. The van der Waals surface area contributed by atoms with Crippen LogP contribution in [0.5, 0.6) is 0 Å². The van der Waals surface area contributed by atoms with E-state index in [0.717, 1.165) is 35.4 Å². The molecule has 0 fully saturated rings. The highest BCUT2D eigenvalue weighted by Crippen LogP contribution is 2.17. The second kappa shape index (κ2) is 5.05. The number of benzene rings is 1. The lowest BCUT2D eigenvalue weighted by atomic mass is 10.2. The van der Waals surface area contributed by atoms with Crippen LogP contribution in [0.3, 0.4) is 0 Å². The number of rotatable bonds is 2. The van der Waals surface area contributed by atoms with Gasteiger partial charge in [-0.2, -0.15) is 0 Å². The Balaban J connectivity index is 1.88. The van der Waals surface area contributed by atoms with E-state index in [2.05, 4.69) is 14.9 Å². The van der Waals surface area contributed by atoms with Crippen LogP contribution >= 0.6 is 0 Å². The van der Waals surface area contributed by atoms with Crippen molar-refractivity contribution < 1.29 is 4.39 Å². The molecule has 3 nitrogen and oxygen atoms in total. The molecule has 1 aliphatic rings. The lowest BCUT2D eigenvalue weighted by Crippen LogP contribution is -2.29. The van der Waals surface area contributed by atoms with Crippen molar-refractivity contribution in [3.63, 3.8) is 0 Å². The van der Waals surface area contributed by atoms with E-state index in [9.17, 15) is 4.39 Å². The average Bonchev–Trinajstić information content (AvgIpc) is 2.40. The lowest BCUT2D eigenvalue weighted by molar-refractivity contribution is 0.256. The van der Waals surface area contributed by atoms with Crippen LogP contribution in [0, 0.1) is 6.92 Å². The highest BCUT2D eigenvalue weighted by Gasteiger charge is 2.15. The lowest BCUT2D eigenvalue weighted by Gasteiger charge is -2.24. The van der Waals surface area contributed by atoms with Crippen LogP contribution in [0.25, 0.3) is 11.0 Å². The number of nitrogens with zero attached hydrogens (tertiary/aromatic N) is 3. The maximum Gasteiger partial charge on any atom is 0.110 e. The van der Waals surface area contributed by atoms with Gasteiger partial charge in [0.2, 0.25) is 0 Å². The normalized spacial score (nSPS) is 16.6. The molecule has 0 aliphatic carbocycles. The Morgan fingerprint density at radius 2 is 1.95 bits per heavy atom. The summed E-state index contributed by atoms with van der Waals surface area (Å²) in [5.41, 5.74) is 3.67. The molecule has 2 heterocycles. The minimum atomic E-state index is -0.0438. The number of para-hydroxylation sites is 2. The third kappa shape index (κ3) is 2.63. The molecule has 0 bridgehead atoms. The van der Waals surface area contributed by atoms with Crippen molar-refractivity contribution in [3.05, 3.63) is 47.6 Å². The summed E-state index contributed by atoms with van der Waals surface area (Å²) < 4.78 is 13.3. The molecule has 4 heteroatoms. The van der Waals surface area contributed by atoms with E-state index in [1.807, 2.05) is 31.2 Å². The van der Waals surface area contributed by atoms with Gasteiger partial charge in [-0.1, -0.05) is 18.2 Å². The molecule has 2 aromatic rings. The summed E-state index contributed by atoms with van der Waals surface area (Å²) in [4.78, 5) is 11.3. The molecular formula is C15H16FN3. The Bertz CT molecular complexity index is 636. The molecule has 0 N–H and O–H groups in total. The molecule has 0 saturated carbocycles. The van der Waals surface area contributed by atoms with Crippen molar-refractivity contribution in [2.45, 2.75) is 19.9 Å². The van der Waals surface area contributed by atoms with Gasteiger partial charge in [0.05, 0.1) is 29.0 Å². The van der Waals surface area contributed by atoms with Gasteiger partial charge in [0.1, 0.15) is 5.83 Å². The maximum atomic E-state index is 13.3. The molecule has 0 saturated heterocycles. The molecule has 0 unspecified atom stereocenters. The average molecular weight is 257 g/mol. The van der Waals surface area contributed by atoms with Gasteiger partial charge in [0.25, 0.3) is 0 Å². The summed E-state index contributed by atoms with van der Waals surface area (Å²) in [6, 6.07) is 7.84. The van der Waals surface area contributed by atoms with E-state index >= 15 is 0 Å². The summed E-state index contributed by atoms with van der Waals surface area (Å²) >= 11 is 0. The first kappa shape index (κ1) is 12.2. The van der Waals surface area contributed by atoms with Gasteiger partial charge < -0.3 is 0 Å². The maximum absolute atomic E-state index is 13.3. The predicted octanol–water partition coefficient (Wildman–Crippen LogP) is 3.00. The zero-order chi connectivity index (χ0) is 13.2. The van der Waals surface area contributed by atoms with Crippen molar-refractivity contribution in [1.29, 1.82) is 0 Å². The fraction of sp³-hybridized carbons (Fsp3) is 0.333. The monoisotopic (exact) mass is 257 g/mol. The van der Waals surface area contributed by atoms with E-state index in [1.54, 1.807) is 6.08 Å². The van der Waals surface area contributed by atoms with Gasteiger partial charge in [-0.05, 0) is 25.5 Å². The smallest absolute Gasteiger partial charge is 0.110 e. The molecule has 1 aromatic carbocycles. The van der Waals surface area contributed by atoms with E-state index < -0.39 is 0 Å². The Morgan fingerprint density at radius 3 is 2.68 bits per heavy atom. The van der Waals surface area contributed by atoms with Gasteiger partial charge in [0.15, 0.2) is 0 Å². The van der Waals surface area contributed by atoms with Crippen LogP contribution in [0.4, 0.5) is 4.39 Å². The van der Waals surface area contributed by atoms with Crippen molar-refractivity contribution >= 4 is 11.0 Å². The molecule has 98 valence electrons. The minimum Gasteiger partial charge on any atom is -0.291 e. The summed E-state index contributed by atoms with van der Waals surface area (Å²) in [5.74, 6) is -0.0438. The Hall–Kier alpha value is -1.81. The molecule has 1 aromatic heterocycles. The zero-order valence-corrected chi connectivity index (χ0v) is 10.9. The molecule has 1 aliphatic heterocycles. The van der Waals surface area contributed by atoms with Gasteiger partial charge in [-0.15, -0.1) is 0 Å². The number of aromatic nitrogens is 2. The molecule has 0 radical (unpaired) electrons. The second-order valence-electron chi connectivity index (χ2n) is 4.89. The molecular weight excluding hydrogens is 241 g/mol. The number of halogens is 1. The molecule has 0 atom stereocenters. The molecule has 0 amide bonds. The van der Waals surface area contributed by atoms with Crippen molar-refractivity contribution in [2.24, 2.45) is 0 Å². The van der Waals surface area contributed by atoms with E-state index in [1.165, 1.54) is 0 Å².